The normalized spacial score (nSPS) is 11.9. The van der Waals surface area contributed by atoms with Crippen LogP contribution in [0.3, 0.4) is 0 Å². The molecule has 0 unspecified atom stereocenters. The summed E-state index contributed by atoms with van der Waals surface area (Å²) >= 11 is 0. The van der Waals surface area contributed by atoms with Gasteiger partial charge >= 0.3 is 0 Å². The molecular weight excluding hydrogens is 204 g/mol. The van der Waals surface area contributed by atoms with Gasteiger partial charge in [-0.25, -0.2) is 18.1 Å². The standard InChI is InChI=1S/C7H14N4O2S/c1-6-9-5-7(11-6)14(12,13)10-4-2-3-8/h5,10H,2-4,8H2,1H3,(H,9,11). The molecule has 1 aromatic rings. The maximum atomic E-state index is 11.5. The molecule has 0 radical (unpaired) electrons. The highest BCUT2D eigenvalue weighted by Gasteiger charge is 2.14. The third kappa shape index (κ3) is 2.79. The van der Waals surface area contributed by atoms with Crippen LogP contribution in [0.15, 0.2) is 11.2 Å². The smallest absolute Gasteiger partial charge is 0.257 e. The highest BCUT2D eigenvalue weighted by molar-refractivity contribution is 7.89. The molecule has 0 saturated heterocycles. The molecule has 4 N–H and O–H groups in total. The summed E-state index contributed by atoms with van der Waals surface area (Å²) in [6.07, 6.45) is 1.91. The lowest BCUT2D eigenvalue weighted by molar-refractivity contribution is 0.576. The van der Waals surface area contributed by atoms with Crippen molar-refractivity contribution >= 4 is 10.0 Å². The lowest BCUT2D eigenvalue weighted by Crippen LogP contribution is -2.26. The Morgan fingerprint density at radius 1 is 1.64 bits per heavy atom. The van der Waals surface area contributed by atoms with Gasteiger partial charge in [0.1, 0.15) is 5.82 Å². The van der Waals surface area contributed by atoms with Crippen molar-refractivity contribution in [3.8, 4) is 0 Å². The van der Waals surface area contributed by atoms with E-state index >= 15 is 0 Å². The first-order valence-corrected chi connectivity index (χ1v) is 5.76. The van der Waals surface area contributed by atoms with Crippen LogP contribution in [0.1, 0.15) is 12.2 Å². The first-order valence-electron chi connectivity index (χ1n) is 4.27. The molecule has 0 bridgehead atoms. The third-order valence-corrected chi connectivity index (χ3v) is 3.01. The molecule has 1 aromatic heterocycles. The molecule has 0 saturated carbocycles. The first kappa shape index (κ1) is 11.2. The van der Waals surface area contributed by atoms with Crippen molar-refractivity contribution in [2.45, 2.75) is 18.4 Å². The van der Waals surface area contributed by atoms with E-state index in [1.807, 2.05) is 0 Å². The Morgan fingerprint density at radius 3 is 2.86 bits per heavy atom. The van der Waals surface area contributed by atoms with Gasteiger partial charge in [0, 0.05) is 6.54 Å². The molecule has 0 aliphatic carbocycles. The number of H-pyrrole nitrogens is 1. The van der Waals surface area contributed by atoms with Crippen LogP contribution in [0, 0.1) is 6.92 Å². The summed E-state index contributed by atoms with van der Waals surface area (Å²) in [5.41, 5.74) is 5.25. The number of nitrogens with one attached hydrogen (secondary N) is 2. The van der Waals surface area contributed by atoms with Crippen molar-refractivity contribution in [3.05, 3.63) is 12.0 Å². The van der Waals surface area contributed by atoms with Gasteiger partial charge in [-0.05, 0) is 19.9 Å². The van der Waals surface area contributed by atoms with Crippen LogP contribution in [-0.2, 0) is 10.0 Å². The van der Waals surface area contributed by atoms with E-state index in [0.29, 0.717) is 25.3 Å². The first-order chi connectivity index (χ1) is 6.56. The third-order valence-electron chi connectivity index (χ3n) is 1.64. The van der Waals surface area contributed by atoms with Gasteiger partial charge in [-0.1, -0.05) is 0 Å². The molecule has 0 atom stereocenters. The van der Waals surface area contributed by atoms with Gasteiger partial charge in [0.05, 0.1) is 6.20 Å². The number of hydrogen-bond donors (Lipinski definition) is 3. The average molecular weight is 218 g/mol. The van der Waals surface area contributed by atoms with Gasteiger partial charge in [0.15, 0.2) is 5.03 Å². The summed E-state index contributed by atoms with van der Waals surface area (Å²) < 4.78 is 25.4. The highest BCUT2D eigenvalue weighted by Crippen LogP contribution is 2.03. The summed E-state index contributed by atoms with van der Waals surface area (Å²) in [6, 6.07) is 0. The molecule has 0 spiro atoms. The van der Waals surface area contributed by atoms with Crippen LogP contribution in [-0.4, -0.2) is 31.5 Å². The fourth-order valence-electron chi connectivity index (χ4n) is 0.921. The molecule has 14 heavy (non-hydrogen) atoms. The molecule has 80 valence electrons. The number of aromatic amines is 1. The van der Waals surface area contributed by atoms with E-state index in [1.165, 1.54) is 6.20 Å². The van der Waals surface area contributed by atoms with Crippen LogP contribution < -0.4 is 10.5 Å². The molecule has 0 aliphatic rings. The molecule has 0 aromatic carbocycles. The van der Waals surface area contributed by atoms with E-state index in [-0.39, 0.29) is 5.03 Å². The number of hydrogen-bond acceptors (Lipinski definition) is 4. The number of rotatable bonds is 5. The second-order valence-electron chi connectivity index (χ2n) is 2.87. The van der Waals surface area contributed by atoms with E-state index < -0.39 is 10.0 Å². The summed E-state index contributed by atoms with van der Waals surface area (Å²) in [4.78, 5) is 6.46. The van der Waals surface area contributed by atoms with Crippen LogP contribution in [0.5, 0.6) is 0 Å². The van der Waals surface area contributed by atoms with Crippen molar-refractivity contribution in [1.29, 1.82) is 0 Å². The van der Waals surface area contributed by atoms with E-state index in [1.54, 1.807) is 6.92 Å². The summed E-state index contributed by atoms with van der Waals surface area (Å²) in [6.45, 7) is 2.50. The van der Waals surface area contributed by atoms with Crippen LogP contribution >= 0.6 is 0 Å². The number of aryl methyl sites for hydroxylation is 1. The second-order valence-corrected chi connectivity index (χ2v) is 4.61. The molecular formula is C7H14N4O2S. The Hall–Kier alpha value is -0.920. The number of imidazole rings is 1. The van der Waals surface area contributed by atoms with Gasteiger partial charge in [0.2, 0.25) is 0 Å². The topological polar surface area (TPSA) is 101 Å². The van der Waals surface area contributed by atoms with Crippen molar-refractivity contribution in [3.63, 3.8) is 0 Å². The lowest BCUT2D eigenvalue weighted by atomic mass is 10.4. The quantitative estimate of drug-likeness (QED) is 0.571. The highest BCUT2D eigenvalue weighted by atomic mass is 32.2. The van der Waals surface area contributed by atoms with E-state index in [9.17, 15) is 8.42 Å². The zero-order valence-electron chi connectivity index (χ0n) is 7.95. The predicted octanol–water partition coefficient (Wildman–Crippen LogP) is -0.655. The second kappa shape index (κ2) is 4.54. The molecule has 0 fully saturated rings. The largest absolute Gasteiger partial charge is 0.332 e. The molecule has 0 amide bonds. The SMILES string of the molecule is Cc1ncc(S(=O)(=O)NCCCN)[nH]1. The van der Waals surface area contributed by atoms with Crippen molar-refractivity contribution in [1.82, 2.24) is 14.7 Å². The van der Waals surface area contributed by atoms with Gasteiger partial charge in [-0.15, -0.1) is 0 Å². The Morgan fingerprint density at radius 2 is 2.36 bits per heavy atom. The predicted molar refractivity (Wildman–Crippen MR) is 52.2 cm³/mol. The minimum Gasteiger partial charge on any atom is -0.332 e. The minimum absolute atomic E-state index is 0.0898. The van der Waals surface area contributed by atoms with E-state index in [4.69, 9.17) is 5.73 Å². The van der Waals surface area contributed by atoms with Crippen LogP contribution in [0.4, 0.5) is 0 Å². The van der Waals surface area contributed by atoms with E-state index in [2.05, 4.69) is 14.7 Å². The average Bonchev–Trinajstić information content (AvgIpc) is 2.53. The number of sulfonamides is 1. The molecule has 0 aliphatic heterocycles. The molecule has 6 nitrogen and oxygen atoms in total. The Bertz CT molecular complexity index is 384. The van der Waals surface area contributed by atoms with Gasteiger partial charge in [-0.2, -0.15) is 0 Å². The maximum Gasteiger partial charge on any atom is 0.257 e. The molecule has 1 heterocycles. The maximum absolute atomic E-state index is 11.5. The van der Waals surface area contributed by atoms with Gasteiger partial charge < -0.3 is 10.7 Å². The van der Waals surface area contributed by atoms with Crippen LogP contribution in [0.25, 0.3) is 0 Å². The summed E-state index contributed by atoms with van der Waals surface area (Å²) in [7, 11) is -3.44. The lowest BCUT2D eigenvalue weighted by Gasteiger charge is -2.02. The Balaban J connectivity index is 2.66. The summed E-state index contributed by atoms with van der Waals surface area (Å²) in [5, 5.41) is 0.0898. The Labute approximate surface area is 83.0 Å². The number of aromatic nitrogens is 2. The van der Waals surface area contributed by atoms with E-state index in [0.717, 1.165) is 0 Å². The van der Waals surface area contributed by atoms with Gasteiger partial charge in [-0.3, -0.25) is 0 Å². The summed E-state index contributed by atoms with van der Waals surface area (Å²) in [5.74, 6) is 0.573. The van der Waals surface area contributed by atoms with Crippen molar-refractivity contribution in [2.75, 3.05) is 13.1 Å². The van der Waals surface area contributed by atoms with Crippen LogP contribution in [0.2, 0.25) is 0 Å². The fourth-order valence-corrected chi connectivity index (χ4v) is 1.96. The zero-order chi connectivity index (χ0) is 10.6. The van der Waals surface area contributed by atoms with Gasteiger partial charge in [0.25, 0.3) is 10.0 Å². The minimum atomic E-state index is -3.44. The Kier molecular flexibility index (Phi) is 3.62. The zero-order valence-corrected chi connectivity index (χ0v) is 8.76. The fraction of sp³-hybridized carbons (Fsp3) is 0.571. The van der Waals surface area contributed by atoms with Crippen molar-refractivity contribution in [2.24, 2.45) is 5.73 Å². The number of nitrogens with zero attached hydrogens (tertiary/aromatic N) is 1. The molecule has 7 heteroatoms. The monoisotopic (exact) mass is 218 g/mol. The van der Waals surface area contributed by atoms with Crippen molar-refractivity contribution < 1.29 is 8.42 Å². The molecule has 1 rings (SSSR count). The number of nitrogens with two attached hydrogens (primary N) is 1.